The van der Waals surface area contributed by atoms with Crippen LogP contribution >= 0.6 is 0 Å². The number of carbonyl (C=O) groups excluding carboxylic acids is 1. The lowest BCUT2D eigenvalue weighted by atomic mass is 10.1. The summed E-state index contributed by atoms with van der Waals surface area (Å²) in [6, 6.07) is 3.12. The molecule has 108 valence electrons. The fraction of sp³-hybridized carbons (Fsp3) is 0.533. The number of hydrogen-bond acceptors (Lipinski definition) is 3. The second-order valence-corrected chi connectivity index (χ2v) is 5.58. The van der Waals surface area contributed by atoms with Crippen LogP contribution in [0.5, 0.6) is 0 Å². The van der Waals surface area contributed by atoms with Crippen LogP contribution in [0.15, 0.2) is 18.3 Å². The maximum atomic E-state index is 12.6. The lowest BCUT2D eigenvalue weighted by Crippen LogP contribution is -2.39. The van der Waals surface area contributed by atoms with Gasteiger partial charge in [0.1, 0.15) is 5.69 Å². The molecular formula is C15H20N2O3. The zero-order chi connectivity index (χ0) is 14.7. The van der Waals surface area contributed by atoms with Gasteiger partial charge in [0.2, 0.25) is 0 Å². The predicted octanol–water partition coefficient (Wildman–Crippen LogP) is 2.43. The zero-order valence-electron chi connectivity index (χ0n) is 11.9. The number of carboxylic acid groups (broad SMARTS) is 1. The van der Waals surface area contributed by atoms with Crippen molar-refractivity contribution in [2.45, 2.75) is 39.2 Å². The zero-order valence-corrected chi connectivity index (χ0v) is 11.9. The Balaban J connectivity index is 2.24. The summed E-state index contributed by atoms with van der Waals surface area (Å²) in [5, 5.41) is 8.95. The second-order valence-electron chi connectivity index (χ2n) is 5.58. The van der Waals surface area contributed by atoms with Crippen molar-refractivity contribution in [2.75, 3.05) is 6.54 Å². The van der Waals surface area contributed by atoms with Gasteiger partial charge in [-0.15, -0.1) is 0 Å². The van der Waals surface area contributed by atoms with Crippen LogP contribution in [-0.4, -0.2) is 39.5 Å². The lowest BCUT2D eigenvalue weighted by Gasteiger charge is -2.28. The molecule has 0 saturated carbocycles. The van der Waals surface area contributed by atoms with E-state index in [1.807, 2.05) is 4.90 Å². The molecule has 0 bridgehead atoms. The van der Waals surface area contributed by atoms with Crippen molar-refractivity contribution in [3.05, 3.63) is 29.6 Å². The molecule has 1 aromatic heterocycles. The third-order valence-electron chi connectivity index (χ3n) is 3.85. The first-order valence-corrected chi connectivity index (χ1v) is 6.99. The van der Waals surface area contributed by atoms with Crippen molar-refractivity contribution in [2.24, 2.45) is 5.92 Å². The van der Waals surface area contributed by atoms with Crippen LogP contribution in [0.1, 0.15) is 54.0 Å². The number of rotatable bonds is 2. The Morgan fingerprint density at radius 3 is 2.80 bits per heavy atom. The largest absolute Gasteiger partial charge is 0.477 e. The van der Waals surface area contributed by atoms with Gasteiger partial charge in [0.15, 0.2) is 0 Å². The monoisotopic (exact) mass is 276 g/mol. The van der Waals surface area contributed by atoms with Crippen molar-refractivity contribution >= 4 is 11.9 Å². The number of amides is 1. The highest BCUT2D eigenvalue weighted by atomic mass is 16.4. The van der Waals surface area contributed by atoms with Gasteiger partial charge in [-0.25, -0.2) is 9.78 Å². The quantitative estimate of drug-likeness (QED) is 0.900. The van der Waals surface area contributed by atoms with Crippen LogP contribution < -0.4 is 0 Å². The van der Waals surface area contributed by atoms with E-state index in [0.717, 1.165) is 25.8 Å². The normalized spacial score (nSPS) is 23.2. The second kappa shape index (κ2) is 6.03. The molecule has 5 nitrogen and oxygen atoms in total. The molecule has 1 aromatic rings. The molecule has 1 aliphatic rings. The Kier molecular flexibility index (Phi) is 4.37. The Bertz CT molecular complexity index is 516. The number of pyridine rings is 1. The first kappa shape index (κ1) is 14.5. The maximum absolute atomic E-state index is 12.6. The van der Waals surface area contributed by atoms with Crippen LogP contribution in [-0.2, 0) is 0 Å². The molecule has 5 heteroatoms. The molecule has 0 radical (unpaired) electrons. The standard InChI is InChI=1S/C15H20N2O3/c1-10-4-3-5-11(2)17(9-10)14(18)12-6-7-16-13(8-12)15(19)20/h6-8,10-11H,3-5,9H2,1-2H3,(H,19,20). The molecule has 2 unspecified atom stereocenters. The predicted molar refractivity (Wildman–Crippen MR) is 74.7 cm³/mol. The molecule has 2 atom stereocenters. The summed E-state index contributed by atoms with van der Waals surface area (Å²) in [6.45, 7) is 4.92. The molecule has 2 heterocycles. The summed E-state index contributed by atoms with van der Waals surface area (Å²) in [6.07, 6.45) is 4.63. The molecule has 0 aliphatic carbocycles. The van der Waals surface area contributed by atoms with Crippen LogP contribution in [0.4, 0.5) is 0 Å². The molecule has 1 fully saturated rings. The molecule has 20 heavy (non-hydrogen) atoms. The lowest BCUT2D eigenvalue weighted by molar-refractivity contribution is 0.0677. The van der Waals surface area contributed by atoms with Crippen LogP contribution in [0.25, 0.3) is 0 Å². The summed E-state index contributed by atoms with van der Waals surface area (Å²) in [5.41, 5.74) is 0.310. The SMILES string of the molecule is CC1CCCC(C)N(C(=O)c2ccnc(C(=O)O)c2)C1. The summed E-state index contributed by atoms with van der Waals surface area (Å²) >= 11 is 0. The number of nitrogens with zero attached hydrogens (tertiary/aromatic N) is 2. The van der Waals surface area contributed by atoms with Gasteiger partial charge in [0, 0.05) is 24.3 Å². The Labute approximate surface area is 118 Å². The summed E-state index contributed by atoms with van der Waals surface area (Å²) < 4.78 is 0. The molecule has 0 aromatic carbocycles. The van der Waals surface area contributed by atoms with Crippen LogP contribution in [0.3, 0.4) is 0 Å². The van der Waals surface area contributed by atoms with Crippen molar-refractivity contribution in [3.8, 4) is 0 Å². The van der Waals surface area contributed by atoms with Crippen LogP contribution in [0, 0.1) is 5.92 Å². The van der Waals surface area contributed by atoms with E-state index in [0.29, 0.717) is 11.5 Å². The van der Waals surface area contributed by atoms with Gasteiger partial charge in [-0.3, -0.25) is 4.79 Å². The highest BCUT2D eigenvalue weighted by molar-refractivity contribution is 5.96. The Hall–Kier alpha value is -1.91. The Morgan fingerprint density at radius 2 is 2.10 bits per heavy atom. The molecular weight excluding hydrogens is 256 g/mol. The minimum absolute atomic E-state index is 0.0913. The van der Waals surface area contributed by atoms with Gasteiger partial charge in [-0.1, -0.05) is 13.3 Å². The number of hydrogen-bond donors (Lipinski definition) is 1. The molecule has 0 spiro atoms. The highest BCUT2D eigenvalue weighted by Crippen LogP contribution is 2.22. The van der Waals surface area contributed by atoms with Crippen molar-refractivity contribution < 1.29 is 14.7 Å². The summed E-state index contributed by atoms with van der Waals surface area (Å²) in [5.74, 6) is -0.738. The van der Waals surface area contributed by atoms with E-state index in [1.165, 1.54) is 12.3 Å². The van der Waals surface area contributed by atoms with E-state index in [-0.39, 0.29) is 17.6 Å². The molecule has 1 amide bonds. The third-order valence-corrected chi connectivity index (χ3v) is 3.85. The number of aromatic nitrogens is 1. The molecule has 1 aliphatic heterocycles. The third kappa shape index (κ3) is 3.15. The van der Waals surface area contributed by atoms with E-state index < -0.39 is 5.97 Å². The smallest absolute Gasteiger partial charge is 0.354 e. The van der Waals surface area contributed by atoms with Gasteiger partial charge in [0.05, 0.1) is 0 Å². The van der Waals surface area contributed by atoms with E-state index >= 15 is 0 Å². The van der Waals surface area contributed by atoms with Gasteiger partial charge in [-0.05, 0) is 37.8 Å². The number of carbonyl (C=O) groups is 2. The van der Waals surface area contributed by atoms with Crippen molar-refractivity contribution in [1.82, 2.24) is 9.88 Å². The van der Waals surface area contributed by atoms with E-state index in [9.17, 15) is 9.59 Å². The van der Waals surface area contributed by atoms with Gasteiger partial charge in [-0.2, -0.15) is 0 Å². The average Bonchev–Trinajstić information content (AvgIpc) is 2.59. The molecule has 1 saturated heterocycles. The average molecular weight is 276 g/mol. The van der Waals surface area contributed by atoms with E-state index in [4.69, 9.17) is 5.11 Å². The van der Waals surface area contributed by atoms with Crippen molar-refractivity contribution in [3.63, 3.8) is 0 Å². The minimum Gasteiger partial charge on any atom is -0.477 e. The Morgan fingerprint density at radius 1 is 1.35 bits per heavy atom. The molecule has 1 N–H and O–H groups in total. The first-order chi connectivity index (χ1) is 9.49. The van der Waals surface area contributed by atoms with Gasteiger partial charge >= 0.3 is 5.97 Å². The fourth-order valence-electron chi connectivity index (χ4n) is 2.65. The molecule has 2 rings (SSSR count). The van der Waals surface area contributed by atoms with E-state index in [2.05, 4.69) is 18.8 Å². The fourth-order valence-corrected chi connectivity index (χ4v) is 2.65. The van der Waals surface area contributed by atoms with Crippen molar-refractivity contribution in [1.29, 1.82) is 0 Å². The number of aromatic carboxylic acids is 1. The first-order valence-electron chi connectivity index (χ1n) is 6.99. The highest BCUT2D eigenvalue weighted by Gasteiger charge is 2.26. The van der Waals surface area contributed by atoms with Gasteiger partial charge < -0.3 is 10.0 Å². The van der Waals surface area contributed by atoms with Crippen LogP contribution in [0.2, 0.25) is 0 Å². The maximum Gasteiger partial charge on any atom is 0.354 e. The number of carboxylic acids is 1. The topological polar surface area (TPSA) is 70.5 Å². The minimum atomic E-state index is -1.11. The summed E-state index contributed by atoms with van der Waals surface area (Å²) in [7, 11) is 0. The summed E-state index contributed by atoms with van der Waals surface area (Å²) in [4.78, 5) is 29.1. The van der Waals surface area contributed by atoms with Gasteiger partial charge in [0.25, 0.3) is 5.91 Å². The van der Waals surface area contributed by atoms with E-state index in [1.54, 1.807) is 6.07 Å². The number of likely N-dealkylation sites (tertiary alicyclic amines) is 1.